The van der Waals surface area contributed by atoms with Crippen molar-refractivity contribution >= 4 is 28.5 Å². The summed E-state index contributed by atoms with van der Waals surface area (Å²) in [5, 5.41) is 10.2. The first-order chi connectivity index (χ1) is 8.40. The molecule has 1 unspecified atom stereocenters. The Labute approximate surface area is 115 Å². The van der Waals surface area contributed by atoms with Crippen LogP contribution in [0.4, 0.5) is 0 Å². The normalized spacial score (nSPS) is 12.7. The largest absolute Gasteiger partial charge is 0.380 e. The van der Waals surface area contributed by atoms with Gasteiger partial charge in [0, 0.05) is 30.6 Å². The summed E-state index contributed by atoms with van der Waals surface area (Å²) < 4.78 is 0. The number of ketones is 1. The van der Waals surface area contributed by atoms with Crippen molar-refractivity contribution in [2.45, 2.75) is 33.8 Å². The molecule has 0 aromatic carbocycles. The van der Waals surface area contributed by atoms with Gasteiger partial charge in [0.15, 0.2) is 5.78 Å². The Hall–Kier alpha value is -0.970. The van der Waals surface area contributed by atoms with Gasteiger partial charge >= 0.3 is 0 Å². The summed E-state index contributed by atoms with van der Waals surface area (Å²) >= 11 is 3.20. The van der Waals surface area contributed by atoms with Crippen molar-refractivity contribution < 1.29 is 9.90 Å². The zero-order valence-corrected chi connectivity index (χ0v) is 12.5. The van der Waals surface area contributed by atoms with Gasteiger partial charge in [-0.2, -0.15) is 0 Å². The predicted octanol–water partition coefficient (Wildman–Crippen LogP) is 3.96. The number of carbonyl (C=O) groups excluding carboxylic acids is 1. The predicted molar refractivity (Wildman–Crippen MR) is 76.9 cm³/mol. The van der Waals surface area contributed by atoms with Crippen LogP contribution in [-0.2, 0) is 0 Å². The Bertz CT molecular complexity index is 593. The summed E-state index contributed by atoms with van der Waals surface area (Å²) in [7, 11) is 0. The van der Waals surface area contributed by atoms with Gasteiger partial charge < -0.3 is 5.11 Å². The van der Waals surface area contributed by atoms with Crippen LogP contribution in [0.25, 0.3) is 0 Å². The van der Waals surface area contributed by atoms with Crippen LogP contribution in [0.2, 0.25) is 0 Å². The van der Waals surface area contributed by atoms with Gasteiger partial charge in [-0.05, 0) is 39.8 Å². The smallest absolute Gasteiger partial charge is 0.196 e. The second-order valence-electron chi connectivity index (χ2n) is 4.46. The van der Waals surface area contributed by atoms with Crippen LogP contribution < -0.4 is 0 Å². The van der Waals surface area contributed by atoms with Gasteiger partial charge in [0.25, 0.3) is 0 Å². The highest BCUT2D eigenvalue weighted by Gasteiger charge is 2.24. The number of aliphatic hydroxyl groups excluding tert-OH is 1. The molecule has 0 bridgehead atoms. The fraction of sp³-hybridized carbons (Fsp3) is 0.357. The zero-order valence-electron chi connectivity index (χ0n) is 10.9. The number of aliphatic hydroxyl groups is 1. The van der Waals surface area contributed by atoms with Gasteiger partial charge in [0.1, 0.15) is 6.10 Å². The first-order valence-electron chi connectivity index (χ1n) is 5.76. The minimum absolute atomic E-state index is 0.197. The van der Waals surface area contributed by atoms with E-state index in [0.717, 1.165) is 25.1 Å². The van der Waals surface area contributed by atoms with Crippen LogP contribution in [0.1, 0.15) is 41.5 Å². The molecule has 0 saturated carbocycles. The van der Waals surface area contributed by atoms with E-state index in [4.69, 9.17) is 0 Å². The maximum Gasteiger partial charge on any atom is 0.196 e. The quantitative estimate of drug-likeness (QED) is 0.864. The topological polar surface area (TPSA) is 37.3 Å². The van der Waals surface area contributed by atoms with Crippen molar-refractivity contribution in [2.24, 2.45) is 0 Å². The van der Waals surface area contributed by atoms with E-state index in [1.54, 1.807) is 22.7 Å². The van der Waals surface area contributed by atoms with E-state index in [9.17, 15) is 9.90 Å². The molecule has 0 radical (unpaired) electrons. The fourth-order valence-electron chi connectivity index (χ4n) is 2.09. The second-order valence-corrected chi connectivity index (χ2v) is 7.38. The van der Waals surface area contributed by atoms with Gasteiger partial charge in [-0.25, -0.2) is 0 Å². The summed E-state index contributed by atoms with van der Waals surface area (Å²) in [6.45, 7) is 7.82. The molecule has 0 aliphatic heterocycles. The van der Waals surface area contributed by atoms with Gasteiger partial charge in [0.2, 0.25) is 0 Å². The molecule has 0 saturated heterocycles. The Morgan fingerprint density at radius 1 is 1.06 bits per heavy atom. The Morgan fingerprint density at radius 2 is 1.61 bits per heavy atom. The van der Waals surface area contributed by atoms with Crippen LogP contribution >= 0.6 is 22.7 Å². The SMILES string of the molecule is Cc1cc(C(=O)C(O)c2cc(C)sc2C)c(C)s1. The summed E-state index contributed by atoms with van der Waals surface area (Å²) in [4.78, 5) is 16.5. The number of thiophene rings is 2. The summed E-state index contributed by atoms with van der Waals surface area (Å²) in [6.07, 6.45) is -1.04. The lowest BCUT2D eigenvalue weighted by atomic mass is 10.0. The van der Waals surface area contributed by atoms with Gasteiger partial charge in [-0.3, -0.25) is 4.79 Å². The highest BCUT2D eigenvalue weighted by atomic mass is 32.1. The zero-order chi connectivity index (χ0) is 13.4. The molecular weight excluding hydrogens is 264 g/mol. The molecule has 2 rings (SSSR count). The van der Waals surface area contributed by atoms with Crippen molar-refractivity contribution in [1.82, 2.24) is 0 Å². The number of hydrogen-bond acceptors (Lipinski definition) is 4. The lowest BCUT2D eigenvalue weighted by Gasteiger charge is -2.09. The number of rotatable bonds is 3. The van der Waals surface area contributed by atoms with Gasteiger partial charge in [-0.1, -0.05) is 0 Å². The molecule has 2 heterocycles. The van der Waals surface area contributed by atoms with Crippen molar-refractivity contribution in [3.8, 4) is 0 Å². The maximum absolute atomic E-state index is 12.3. The van der Waals surface area contributed by atoms with E-state index < -0.39 is 6.10 Å². The molecule has 2 aromatic rings. The van der Waals surface area contributed by atoms with Crippen molar-refractivity contribution in [3.05, 3.63) is 42.8 Å². The minimum Gasteiger partial charge on any atom is -0.380 e. The molecule has 2 aromatic heterocycles. The maximum atomic E-state index is 12.3. The standard InChI is InChI=1S/C14H16O2S2/c1-7-5-11(9(3)17-7)13(15)14(16)12-6-8(2)18-10(12)4/h5-6,13,15H,1-4H3. The molecule has 2 nitrogen and oxygen atoms in total. The molecule has 0 aliphatic carbocycles. The molecule has 18 heavy (non-hydrogen) atoms. The Kier molecular flexibility index (Phi) is 3.71. The van der Waals surface area contributed by atoms with Crippen LogP contribution in [0.3, 0.4) is 0 Å². The third-order valence-electron chi connectivity index (χ3n) is 2.93. The lowest BCUT2D eigenvalue weighted by Crippen LogP contribution is -2.12. The lowest BCUT2D eigenvalue weighted by molar-refractivity contribution is 0.0747. The fourth-order valence-corrected chi connectivity index (χ4v) is 3.97. The third kappa shape index (κ3) is 2.41. The molecule has 0 fully saturated rings. The number of aryl methyl sites for hydroxylation is 4. The molecule has 1 atom stereocenters. The van der Waals surface area contributed by atoms with Crippen LogP contribution in [0, 0.1) is 27.7 Å². The highest BCUT2D eigenvalue weighted by Crippen LogP contribution is 2.31. The Morgan fingerprint density at radius 3 is 2.06 bits per heavy atom. The Balaban J connectivity index is 2.35. The van der Waals surface area contributed by atoms with E-state index in [1.807, 2.05) is 39.8 Å². The van der Waals surface area contributed by atoms with Crippen LogP contribution in [0.15, 0.2) is 12.1 Å². The molecule has 0 spiro atoms. The molecule has 4 heteroatoms. The van der Waals surface area contributed by atoms with E-state index in [0.29, 0.717) is 5.56 Å². The molecular formula is C14H16O2S2. The summed E-state index contributed by atoms with van der Waals surface area (Å²) in [6, 6.07) is 3.76. The number of carbonyl (C=O) groups is 1. The minimum atomic E-state index is -1.04. The van der Waals surface area contributed by atoms with E-state index in [-0.39, 0.29) is 5.78 Å². The molecule has 0 aliphatic rings. The molecule has 0 amide bonds. The van der Waals surface area contributed by atoms with E-state index in [2.05, 4.69) is 0 Å². The summed E-state index contributed by atoms with van der Waals surface area (Å²) in [5.74, 6) is -0.197. The van der Waals surface area contributed by atoms with Crippen molar-refractivity contribution in [3.63, 3.8) is 0 Å². The number of hydrogen-bond donors (Lipinski definition) is 1. The van der Waals surface area contributed by atoms with Crippen molar-refractivity contribution in [2.75, 3.05) is 0 Å². The van der Waals surface area contributed by atoms with Crippen molar-refractivity contribution in [1.29, 1.82) is 0 Å². The third-order valence-corrected chi connectivity index (χ3v) is 4.88. The highest BCUT2D eigenvalue weighted by molar-refractivity contribution is 7.12. The summed E-state index contributed by atoms with van der Waals surface area (Å²) in [5.41, 5.74) is 1.39. The molecule has 1 N–H and O–H groups in total. The second kappa shape index (κ2) is 4.96. The van der Waals surface area contributed by atoms with E-state index >= 15 is 0 Å². The number of Topliss-reactive ketones (excluding diaryl/α,β-unsaturated/α-hetero) is 1. The van der Waals surface area contributed by atoms with E-state index in [1.165, 1.54) is 0 Å². The monoisotopic (exact) mass is 280 g/mol. The first-order valence-corrected chi connectivity index (χ1v) is 7.39. The molecule has 96 valence electrons. The van der Waals surface area contributed by atoms with Gasteiger partial charge in [-0.15, -0.1) is 22.7 Å². The van der Waals surface area contributed by atoms with Crippen LogP contribution in [0.5, 0.6) is 0 Å². The van der Waals surface area contributed by atoms with Crippen LogP contribution in [-0.4, -0.2) is 10.9 Å². The average molecular weight is 280 g/mol. The van der Waals surface area contributed by atoms with Gasteiger partial charge in [0.05, 0.1) is 0 Å². The average Bonchev–Trinajstić information content (AvgIpc) is 2.79. The first kappa shape index (κ1) is 13.5.